The first-order valence-corrected chi connectivity index (χ1v) is 10.6. The molecule has 4 rings (SSSR count). The number of aromatic nitrogens is 5. The number of guanidine groups is 1. The third kappa shape index (κ3) is 5.73. The van der Waals surface area contributed by atoms with E-state index < -0.39 is 0 Å². The van der Waals surface area contributed by atoms with E-state index in [4.69, 9.17) is 14.7 Å². The molecule has 0 saturated carbocycles. The monoisotopic (exact) mass is 538 g/mol. The maximum absolute atomic E-state index is 5.15. The maximum Gasteiger partial charge on any atom is 0.191 e. The second-order valence-electron chi connectivity index (χ2n) is 7.60. The lowest BCUT2D eigenvalue weighted by Crippen LogP contribution is -2.47. The van der Waals surface area contributed by atoms with Crippen LogP contribution in [0.15, 0.2) is 29.5 Å². The van der Waals surface area contributed by atoms with Crippen LogP contribution in [0.25, 0.3) is 5.65 Å². The Bertz CT molecular complexity index is 1030. The average Bonchev–Trinajstić information content (AvgIpc) is 3.32. The third-order valence-corrected chi connectivity index (χ3v) is 5.23. The van der Waals surface area contributed by atoms with Crippen LogP contribution in [0.4, 0.5) is 0 Å². The van der Waals surface area contributed by atoms with Gasteiger partial charge in [0.25, 0.3) is 0 Å². The number of methoxy groups -OCH3 is 1. The zero-order valence-corrected chi connectivity index (χ0v) is 20.7. The van der Waals surface area contributed by atoms with Gasteiger partial charge in [0.2, 0.25) is 0 Å². The second kappa shape index (κ2) is 10.9. The number of hydrogen-bond donors (Lipinski definition) is 2. The van der Waals surface area contributed by atoms with Gasteiger partial charge in [0.1, 0.15) is 18.1 Å². The molecular weight excluding hydrogens is 507 g/mol. The van der Waals surface area contributed by atoms with Gasteiger partial charge >= 0.3 is 0 Å². The van der Waals surface area contributed by atoms with Gasteiger partial charge in [-0.15, -0.1) is 24.0 Å². The fourth-order valence-corrected chi connectivity index (χ4v) is 3.79. The number of aryl methyl sites for hydroxylation is 2. The van der Waals surface area contributed by atoms with Crippen LogP contribution >= 0.6 is 24.0 Å². The van der Waals surface area contributed by atoms with Crippen molar-refractivity contribution in [1.82, 2.24) is 34.8 Å². The van der Waals surface area contributed by atoms with E-state index in [-0.39, 0.29) is 30.0 Å². The van der Waals surface area contributed by atoms with Crippen LogP contribution in [0.1, 0.15) is 36.3 Å². The third-order valence-electron chi connectivity index (χ3n) is 5.23. The average molecular weight is 538 g/mol. The number of aliphatic imine (C=N–C) groups is 1. The second-order valence-corrected chi connectivity index (χ2v) is 7.60. The number of rotatable bonds is 7. The lowest BCUT2D eigenvalue weighted by atomic mass is 10.1. The number of halogens is 1. The van der Waals surface area contributed by atoms with Crippen molar-refractivity contribution in [1.29, 1.82) is 0 Å². The highest BCUT2D eigenvalue weighted by Gasteiger charge is 2.22. The molecule has 10 heteroatoms. The van der Waals surface area contributed by atoms with Crippen molar-refractivity contribution < 1.29 is 4.74 Å². The molecule has 168 valence electrons. The molecule has 0 fully saturated rings. The van der Waals surface area contributed by atoms with Crippen LogP contribution in [0, 0.1) is 6.92 Å². The standard InChI is InChI=1S/C21H30N8O.HI/c1-4-22-21(23-10-9-17-12-28-11-5-6-15(2)20(28)24-17)25-16-7-8-19-26-18(14-30-3)27-29(19)13-16;/h5-6,11-12,16H,4,7-10,13-14H2,1-3H3,(H2,22,23,25);1H. The summed E-state index contributed by atoms with van der Waals surface area (Å²) in [4.78, 5) is 14.0. The summed E-state index contributed by atoms with van der Waals surface area (Å²) >= 11 is 0. The predicted molar refractivity (Wildman–Crippen MR) is 131 cm³/mol. The number of fused-ring (bicyclic) bond motifs is 2. The molecular formula is C21H31IN8O. The minimum Gasteiger partial charge on any atom is -0.377 e. The Labute approximate surface area is 199 Å². The minimum atomic E-state index is 0. The van der Waals surface area contributed by atoms with E-state index in [0.717, 1.165) is 61.3 Å². The zero-order chi connectivity index (χ0) is 20.9. The molecule has 2 N–H and O–H groups in total. The van der Waals surface area contributed by atoms with Gasteiger partial charge in [0.05, 0.1) is 12.2 Å². The molecule has 0 spiro atoms. The Kier molecular flexibility index (Phi) is 8.24. The number of hydrogen-bond acceptors (Lipinski definition) is 5. The topological polar surface area (TPSA) is 93.7 Å². The smallest absolute Gasteiger partial charge is 0.191 e. The molecule has 1 atom stereocenters. The van der Waals surface area contributed by atoms with Crippen molar-refractivity contribution in [3.8, 4) is 0 Å². The largest absolute Gasteiger partial charge is 0.377 e. The lowest BCUT2D eigenvalue weighted by molar-refractivity contribution is 0.177. The number of pyridine rings is 1. The summed E-state index contributed by atoms with van der Waals surface area (Å²) in [6.45, 7) is 6.89. The fraction of sp³-hybridized carbons (Fsp3) is 0.524. The Morgan fingerprint density at radius 2 is 2.23 bits per heavy atom. The predicted octanol–water partition coefficient (Wildman–Crippen LogP) is 2.11. The molecule has 3 aromatic rings. The Morgan fingerprint density at radius 1 is 1.35 bits per heavy atom. The number of imidazole rings is 1. The van der Waals surface area contributed by atoms with Crippen LogP contribution in [0.3, 0.4) is 0 Å². The van der Waals surface area contributed by atoms with Gasteiger partial charge in [-0.2, -0.15) is 5.10 Å². The van der Waals surface area contributed by atoms with Gasteiger partial charge in [-0.1, -0.05) is 6.07 Å². The first kappa shape index (κ1) is 23.5. The number of nitrogens with zero attached hydrogens (tertiary/aromatic N) is 6. The summed E-state index contributed by atoms with van der Waals surface area (Å²) in [5.41, 5.74) is 3.25. The SMILES string of the molecule is CCNC(=NCCc1cn2cccc(C)c2n1)NC1CCc2nc(COC)nn2C1.I. The molecule has 3 aromatic heterocycles. The normalized spacial score (nSPS) is 16.1. The van der Waals surface area contributed by atoms with Crippen LogP contribution in [-0.4, -0.2) is 56.3 Å². The first-order chi connectivity index (χ1) is 14.7. The van der Waals surface area contributed by atoms with E-state index in [9.17, 15) is 0 Å². The van der Waals surface area contributed by atoms with Gasteiger partial charge < -0.3 is 19.8 Å². The van der Waals surface area contributed by atoms with Crippen molar-refractivity contribution >= 4 is 35.6 Å². The van der Waals surface area contributed by atoms with Gasteiger partial charge in [0, 0.05) is 51.5 Å². The highest BCUT2D eigenvalue weighted by molar-refractivity contribution is 14.0. The van der Waals surface area contributed by atoms with Gasteiger partial charge in [-0.25, -0.2) is 14.6 Å². The van der Waals surface area contributed by atoms with Gasteiger partial charge in [-0.05, 0) is 31.9 Å². The Balaban J connectivity index is 0.00000272. The Hall–Kier alpha value is -2.21. The van der Waals surface area contributed by atoms with E-state index in [1.165, 1.54) is 5.56 Å². The van der Waals surface area contributed by atoms with Crippen LogP contribution < -0.4 is 10.6 Å². The summed E-state index contributed by atoms with van der Waals surface area (Å²) in [6, 6.07) is 4.40. The van der Waals surface area contributed by atoms with Crippen LogP contribution in [-0.2, 0) is 30.7 Å². The molecule has 9 nitrogen and oxygen atoms in total. The Morgan fingerprint density at radius 3 is 3.00 bits per heavy atom. The van der Waals surface area contributed by atoms with E-state index in [1.54, 1.807) is 7.11 Å². The van der Waals surface area contributed by atoms with Crippen molar-refractivity contribution in [2.45, 2.75) is 52.3 Å². The molecule has 1 unspecified atom stereocenters. The van der Waals surface area contributed by atoms with Crippen LogP contribution in [0.2, 0.25) is 0 Å². The van der Waals surface area contributed by atoms with E-state index >= 15 is 0 Å². The molecule has 0 radical (unpaired) electrons. The van der Waals surface area contributed by atoms with Gasteiger partial charge in [0.15, 0.2) is 11.8 Å². The molecule has 0 saturated heterocycles. The highest BCUT2D eigenvalue weighted by atomic mass is 127. The summed E-state index contributed by atoms with van der Waals surface area (Å²) in [5.74, 6) is 2.61. The molecule has 1 aliphatic heterocycles. The quantitative estimate of drug-likeness (QED) is 0.272. The number of ether oxygens (including phenoxy) is 1. The summed E-state index contributed by atoms with van der Waals surface area (Å²) in [5, 5.41) is 11.4. The molecule has 0 aromatic carbocycles. The molecule has 0 amide bonds. The van der Waals surface area contributed by atoms with Crippen molar-refractivity contribution in [2.75, 3.05) is 20.2 Å². The molecule has 31 heavy (non-hydrogen) atoms. The number of nitrogens with one attached hydrogen (secondary N) is 2. The van der Waals surface area contributed by atoms with E-state index in [2.05, 4.69) is 51.2 Å². The lowest BCUT2D eigenvalue weighted by Gasteiger charge is -2.25. The molecule has 1 aliphatic rings. The van der Waals surface area contributed by atoms with Gasteiger partial charge in [-0.3, -0.25) is 4.99 Å². The fourth-order valence-electron chi connectivity index (χ4n) is 3.79. The first-order valence-electron chi connectivity index (χ1n) is 10.6. The molecule has 4 heterocycles. The maximum atomic E-state index is 5.15. The molecule has 0 bridgehead atoms. The van der Waals surface area contributed by atoms with Crippen molar-refractivity contribution in [2.24, 2.45) is 4.99 Å². The highest BCUT2D eigenvalue weighted by Crippen LogP contribution is 2.14. The van der Waals surface area contributed by atoms with Crippen molar-refractivity contribution in [3.05, 3.63) is 47.4 Å². The molecule has 0 aliphatic carbocycles. The zero-order valence-electron chi connectivity index (χ0n) is 18.3. The van der Waals surface area contributed by atoms with E-state index in [1.807, 2.05) is 16.9 Å². The van der Waals surface area contributed by atoms with Crippen molar-refractivity contribution in [3.63, 3.8) is 0 Å². The minimum absolute atomic E-state index is 0. The van der Waals surface area contributed by atoms with Crippen LogP contribution in [0.5, 0.6) is 0 Å². The summed E-state index contributed by atoms with van der Waals surface area (Å²) < 4.78 is 9.21. The summed E-state index contributed by atoms with van der Waals surface area (Å²) in [7, 11) is 1.66. The van der Waals surface area contributed by atoms with E-state index in [0.29, 0.717) is 13.2 Å². The summed E-state index contributed by atoms with van der Waals surface area (Å²) in [6.07, 6.45) is 6.82.